The molecule has 0 aliphatic carbocycles. The summed E-state index contributed by atoms with van der Waals surface area (Å²) in [6.45, 7) is 4.68. The Bertz CT molecular complexity index is 419. The van der Waals surface area contributed by atoms with E-state index in [-0.39, 0.29) is 11.9 Å². The first-order valence-corrected chi connectivity index (χ1v) is 5.96. The average molecular weight is 239 g/mol. The minimum atomic E-state index is 0.112. The zero-order valence-electron chi connectivity index (χ0n) is 9.53. The molecule has 0 spiro atoms. The lowest BCUT2D eigenvalue weighted by atomic mass is 9.98. The van der Waals surface area contributed by atoms with Gasteiger partial charge in [0.1, 0.15) is 5.15 Å². The molecule has 1 atom stereocenters. The van der Waals surface area contributed by atoms with Crippen molar-refractivity contribution in [3.05, 3.63) is 28.5 Å². The fourth-order valence-electron chi connectivity index (χ4n) is 2.20. The molecule has 0 aromatic carbocycles. The van der Waals surface area contributed by atoms with Crippen LogP contribution in [0.1, 0.15) is 37.6 Å². The Morgan fingerprint density at radius 1 is 1.62 bits per heavy atom. The van der Waals surface area contributed by atoms with E-state index in [1.54, 1.807) is 6.07 Å². The molecule has 1 aliphatic heterocycles. The average Bonchev–Trinajstić information content (AvgIpc) is 2.28. The van der Waals surface area contributed by atoms with E-state index in [9.17, 15) is 4.79 Å². The van der Waals surface area contributed by atoms with Gasteiger partial charge in [-0.3, -0.25) is 4.79 Å². The number of nitrogens with zero attached hydrogens (tertiary/aromatic N) is 2. The summed E-state index contributed by atoms with van der Waals surface area (Å²) in [6, 6.07) is 3.88. The van der Waals surface area contributed by atoms with Gasteiger partial charge in [0, 0.05) is 25.1 Å². The molecule has 0 N–H and O–H groups in total. The first-order chi connectivity index (χ1) is 7.63. The molecule has 2 heterocycles. The summed E-state index contributed by atoms with van der Waals surface area (Å²) >= 11 is 5.86. The van der Waals surface area contributed by atoms with Crippen LogP contribution in [-0.4, -0.2) is 22.3 Å². The highest BCUT2D eigenvalue weighted by molar-refractivity contribution is 6.29. The van der Waals surface area contributed by atoms with Gasteiger partial charge < -0.3 is 4.90 Å². The van der Waals surface area contributed by atoms with Crippen LogP contribution in [0.15, 0.2) is 12.1 Å². The molecule has 0 radical (unpaired) electrons. The molecular weight excluding hydrogens is 224 g/mol. The molecule has 16 heavy (non-hydrogen) atoms. The second-order valence-electron chi connectivity index (χ2n) is 4.04. The maximum Gasteiger partial charge on any atom is 0.222 e. The molecule has 1 amide bonds. The van der Waals surface area contributed by atoms with E-state index in [0.29, 0.717) is 11.6 Å². The monoisotopic (exact) mass is 238 g/mol. The van der Waals surface area contributed by atoms with Crippen LogP contribution in [-0.2, 0) is 11.2 Å². The van der Waals surface area contributed by atoms with Gasteiger partial charge in [-0.25, -0.2) is 4.98 Å². The number of hydrogen-bond acceptors (Lipinski definition) is 2. The first-order valence-electron chi connectivity index (χ1n) is 5.58. The van der Waals surface area contributed by atoms with Gasteiger partial charge in [0.2, 0.25) is 5.91 Å². The van der Waals surface area contributed by atoms with Crippen molar-refractivity contribution in [1.82, 2.24) is 9.88 Å². The Labute approximate surface area is 100 Å². The van der Waals surface area contributed by atoms with Gasteiger partial charge in [0.05, 0.1) is 6.04 Å². The zero-order valence-corrected chi connectivity index (χ0v) is 10.3. The van der Waals surface area contributed by atoms with E-state index in [0.717, 1.165) is 24.2 Å². The van der Waals surface area contributed by atoms with Crippen molar-refractivity contribution in [3.63, 3.8) is 0 Å². The number of aromatic nitrogens is 1. The lowest BCUT2D eigenvalue weighted by molar-refractivity contribution is -0.133. The maximum absolute atomic E-state index is 11.7. The third-order valence-electron chi connectivity index (χ3n) is 3.11. The molecule has 3 nitrogen and oxygen atoms in total. The Morgan fingerprint density at radius 3 is 3.06 bits per heavy atom. The lowest BCUT2D eigenvalue weighted by Gasteiger charge is -2.34. The van der Waals surface area contributed by atoms with E-state index in [1.807, 2.05) is 24.8 Å². The lowest BCUT2D eigenvalue weighted by Crippen LogP contribution is -2.38. The minimum Gasteiger partial charge on any atom is -0.335 e. The molecular formula is C12H15ClN2O. The van der Waals surface area contributed by atoms with Crippen molar-refractivity contribution < 1.29 is 4.79 Å². The van der Waals surface area contributed by atoms with Crippen molar-refractivity contribution in [2.24, 2.45) is 0 Å². The standard InChI is InChI=1S/C12H15ClN2O/c1-3-12(16)15-7-6-10-9(8(15)2)4-5-11(13)14-10/h4-5,8H,3,6-7H2,1-2H3. The summed E-state index contributed by atoms with van der Waals surface area (Å²) in [7, 11) is 0. The van der Waals surface area contributed by atoms with E-state index in [4.69, 9.17) is 11.6 Å². The van der Waals surface area contributed by atoms with Crippen molar-refractivity contribution in [1.29, 1.82) is 0 Å². The highest BCUT2D eigenvalue weighted by Gasteiger charge is 2.27. The third-order valence-corrected chi connectivity index (χ3v) is 3.32. The second kappa shape index (κ2) is 4.42. The third kappa shape index (κ3) is 1.92. The molecule has 4 heteroatoms. The number of carbonyl (C=O) groups is 1. The van der Waals surface area contributed by atoms with Gasteiger partial charge >= 0.3 is 0 Å². The van der Waals surface area contributed by atoms with Crippen LogP contribution in [0.3, 0.4) is 0 Å². The minimum absolute atomic E-state index is 0.112. The number of rotatable bonds is 1. The van der Waals surface area contributed by atoms with Gasteiger partial charge in [-0.2, -0.15) is 0 Å². The molecule has 1 aromatic heterocycles. The van der Waals surface area contributed by atoms with Crippen LogP contribution in [0.5, 0.6) is 0 Å². The number of pyridine rings is 1. The topological polar surface area (TPSA) is 33.2 Å². The first kappa shape index (κ1) is 11.4. The van der Waals surface area contributed by atoms with E-state index >= 15 is 0 Å². The largest absolute Gasteiger partial charge is 0.335 e. The second-order valence-corrected chi connectivity index (χ2v) is 4.42. The molecule has 1 aliphatic rings. The summed E-state index contributed by atoms with van der Waals surface area (Å²) in [5.41, 5.74) is 2.15. The van der Waals surface area contributed by atoms with E-state index in [1.165, 1.54) is 0 Å². The quantitative estimate of drug-likeness (QED) is 0.705. The van der Waals surface area contributed by atoms with Crippen LogP contribution < -0.4 is 0 Å². The summed E-state index contributed by atoms with van der Waals surface area (Å²) in [4.78, 5) is 18.0. The van der Waals surface area contributed by atoms with Crippen LogP contribution in [0, 0.1) is 0 Å². The predicted molar refractivity (Wildman–Crippen MR) is 63.4 cm³/mol. The number of fused-ring (bicyclic) bond motifs is 1. The Morgan fingerprint density at radius 2 is 2.38 bits per heavy atom. The predicted octanol–water partition coefficient (Wildman–Crippen LogP) is 2.59. The molecule has 0 saturated heterocycles. The Balaban J connectivity index is 2.32. The van der Waals surface area contributed by atoms with Crippen molar-refractivity contribution in [2.75, 3.05) is 6.54 Å². The smallest absolute Gasteiger partial charge is 0.222 e. The summed E-state index contributed by atoms with van der Waals surface area (Å²) in [5.74, 6) is 0.202. The highest BCUT2D eigenvalue weighted by atomic mass is 35.5. The number of carbonyl (C=O) groups excluding carboxylic acids is 1. The molecule has 2 rings (SSSR count). The molecule has 1 aromatic rings. The van der Waals surface area contributed by atoms with Crippen LogP contribution in [0.25, 0.3) is 0 Å². The maximum atomic E-state index is 11.7. The van der Waals surface area contributed by atoms with Gasteiger partial charge in [-0.15, -0.1) is 0 Å². The molecule has 0 bridgehead atoms. The molecule has 0 saturated carbocycles. The van der Waals surface area contributed by atoms with Crippen LogP contribution >= 0.6 is 11.6 Å². The summed E-state index contributed by atoms with van der Waals surface area (Å²) in [6.07, 6.45) is 1.35. The van der Waals surface area contributed by atoms with Gasteiger partial charge in [0.25, 0.3) is 0 Å². The molecule has 86 valence electrons. The molecule has 1 unspecified atom stereocenters. The van der Waals surface area contributed by atoms with Gasteiger partial charge in [-0.05, 0) is 18.6 Å². The Kier molecular flexibility index (Phi) is 3.15. The van der Waals surface area contributed by atoms with Crippen molar-refractivity contribution in [2.45, 2.75) is 32.7 Å². The summed E-state index contributed by atoms with van der Waals surface area (Å²) < 4.78 is 0. The van der Waals surface area contributed by atoms with E-state index in [2.05, 4.69) is 4.98 Å². The van der Waals surface area contributed by atoms with E-state index < -0.39 is 0 Å². The van der Waals surface area contributed by atoms with Crippen LogP contribution in [0.4, 0.5) is 0 Å². The fourth-order valence-corrected chi connectivity index (χ4v) is 2.36. The zero-order chi connectivity index (χ0) is 11.7. The fraction of sp³-hybridized carbons (Fsp3) is 0.500. The normalized spacial score (nSPS) is 19.4. The highest BCUT2D eigenvalue weighted by Crippen LogP contribution is 2.29. The van der Waals surface area contributed by atoms with Crippen molar-refractivity contribution >= 4 is 17.5 Å². The number of hydrogen-bond donors (Lipinski definition) is 0. The van der Waals surface area contributed by atoms with Gasteiger partial charge in [-0.1, -0.05) is 24.6 Å². The van der Waals surface area contributed by atoms with Gasteiger partial charge in [0.15, 0.2) is 0 Å². The van der Waals surface area contributed by atoms with Crippen molar-refractivity contribution in [3.8, 4) is 0 Å². The summed E-state index contributed by atoms with van der Waals surface area (Å²) in [5, 5.41) is 0.529. The van der Waals surface area contributed by atoms with Crippen LogP contribution in [0.2, 0.25) is 5.15 Å². The Hall–Kier alpha value is -1.09. The number of amides is 1. The SMILES string of the molecule is CCC(=O)N1CCc2nc(Cl)ccc2C1C. The number of halogens is 1. The molecule has 0 fully saturated rings.